The molecule has 28 heavy (non-hydrogen) atoms. The highest BCUT2D eigenvalue weighted by atomic mass is 16.5. The number of ether oxygens (including phenoxy) is 1. The number of benzene rings is 2. The van der Waals surface area contributed by atoms with Crippen LogP contribution in [0.4, 0.5) is 5.69 Å². The van der Waals surface area contributed by atoms with Gasteiger partial charge in [0.05, 0.1) is 5.39 Å². The molecule has 0 radical (unpaired) electrons. The molecule has 3 rings (SSSR count). The van der Waals surface area contributed by atoms with E-state index in [1.165, 1.54) is 4.68 Å². The van der Waals surface area contributed by atoms with E-state index < -0.39 is 18.5 Å². The van der Waals surface area contributed by atoms with E-state index >= 15 is 0 Å². The van der Waals surface area contributed by atoms with E-state index in [0.717, 1.165) is 0 Å². The van der Waals surface area contributed by atoms with Gasteiger partial charge in [-0.05, 0) is 24.1 Å². The van der Waals surface area contributed by atoms with Crippen molar-refractivity contribution in [1.82, 2.24) is 9.78 Å². The lowest BCUT2D eigenvalue weighted by Crippen LogP contribution is -2.29. The third-order valence-electron chi connectivity index (χ3n) is 3.99. The van der Waals surface area contributed by atoms with Crippen molar-refractivity contribution in [2.75, 3.05) is 11.9 Å². The largest absolute Gasteiger partial charge is 0.451 e. The van der Waals surface area contributed by atoms with Crippen molar-refractivity contribution in [3.63, 3.8) is 0 Å². The molecule has 0 spiro atoms. The standard InChI is InChI=1S/C21H21N3O4/c1-14(2)12-24-20(26)17-11-7-6-10-16(17)19(23-24)21(27)28-13-18(25)22-15-8-4-3-5-9-15/h3-11,14H,12-13H2,1-2H3,(H,22,25). The minimum absolute atomic E-state index is 0.0170. The van der Waals surface area contributed by atoms with Crippen LogP contribution in [0.25, 0.3) is 10.8 Å². The second kappa shape index (κ2) is 8.47. The van der Waals surface area contributed by atoms with Gasteiger partial charge < -0.3 is 10.1 Å². The highest BCUT2D eigenvalue weighted by Gasteiger charge is 2.19. The van der Waals surface area contributed by atoms with Crippen molar-refractivity contribution in [1.29, 1.82) is 0 Å². The Kier molecular flexibility index (Phi) is 5.84. The van der Waals surface area contributed by atoms with Crippen LogP contribution in [0.2, 0.25) is 0 Å². The van der Waals surface area contributed by atoms with Crippen LogP contribution >= 0.6 is 0 Å². The van der Waals surface area contributed by atoms with Gasteiger partial charge in [0.15, 0.2) is 12.3 Å². The van der Waals surface area contributed by atoms with Gasteiger partial charge in [0.25, 0.3) is 11.5 Å². The first-order valence-corrected chi connectivity index (χ1v) is 8.97. The van der Waals surface area contributed by atoms with Crippen LogP contribution in [0.3, 0.4) is 0 Å². The van der Waals surface area contributed by atoms with Crippen molar-refractivity contribution in [3.05, 3.63) is 70.6 Å². The van der Waals surface area contributed by atoms with Gasteiger partial charge in [-0.15, -0.1) is 0 Å². The molecule has 0 unspecified atom stereocenters. The van der Waals surface area contributed by atoms with Crippen LogP contribution in [0, 0.1) is 5.92 Å². The van der Waals surface area contributed by atoms with Crippen molar-refractivity contribution in [3.8, 4) is 0 Å². The zero-order valence-corrected chi connectivity index (χ0v) is 15.7. The Hall–Kier alpha value is -3.48. The normalized spacial score (nSPS) is 10.8. The quantitative estimate of drug-likeness (QED) is 0.665. The average molecular weight is 379 g/mol. The summed E-state index contributed by atoms with van der Waals surface area (Å²) in [7, 11) is 0. The molecule has 0 saturated heterocycles. The number of nitrogens with zero attached hydrogens (tertiary/aromatic N) is 2. The fraction of sp³-hybridized carbons (Fsp3) is 0.238. The maximum Gasteiger partial charge on any atom is 0.359 e. The molecule has 0 aliphatic carbocycles. The molecule has 2 aromatic carbocycles. The third-order valence-corrected chi connectivity index (χ3v) is 3.99. The van der Waals surface area contributed by atoms with Crippen LogP contribution in [0.1, 0.15) is 24.3 Å². The summed E-state index contributed by atoms with van der Waals surface area (Å²) >= 11 is 0. The lowest BCUT2D eigenvalue weighted by atomic mass is 10.1. The Morgan fingerprint density at radius 1 is 1.04 bits per heavy atom. The Morgan fingerprint density at radius 3 is 2.36 bits per heavy atom. The monoisotopic (exact) mass is 379 g/mol. The second-order valence-corrected chi connectivity index (χ2v) is 6.77. The van der Waals surface area contributed by atoms with E-state index in [0.29, 0.717) is 23.0 Å². The minimum Gasteiger partial charge on any atom is -0.451 e. The number of hydrogen-bond acceptors (Lipinski definition) is 5. The minimum atomic E-state index is -0.753. The number of amides is 1. The van der Waals surface area contributed by atoms with E-state index in [4.69, 9.17) is 4.74 Å². The molecular weight excluding hydrogens is 358 g/mol. The first-order valence-electron chi connectivity index (χ1n) is 8.97. The molecule has 144 valence electrons. The molecule has 7 heteroatoms. The van der Waals surface area contributed by atoms with Crippen molar-refractivity contribution in [2.45, 2.75) is 20.4 Å². The summed E-state index contributed by atoms with van der Waals surface area (Å²) in [4.78, 5) is 37.2. The van der Waals surface area contributed by atoms with Gasteiger partial charge in [-0.2, -0.15) is 5.10 Å². The summed E-state index contributed by atoms with van der Waals surface area (Å²) in [6, 6.07) is 15.6. The second-order valence-electron chi connectivity index (χ2n) is 6.77. The lowest BCUT2D eigenvalue weighted by molar-refractivity contribution is -0.119. The fourth-order valence-electron chi connectivity index (χ4n) is 2.77. The summed E-state index contributed by atoms with van der Waals surface area (Å²) in [5.41, 5.74) is 0.364. The molecule has 0 fully saturated rings. The highest BCUT2D eigenvalue weighted by molar-refractivity contribution is 6.03. The predicted octanol–water partition coefficient (Wildman–Crippen LogP) is 2.85. The molecule has 0 aliphatic rings. The fourth-order valence-corrected chi connectivity index (χ4v) is 2.77. The molecule has 0 bridgehead atoms. The van der Waals surface area contributed by atoms with Crippen molar-refractivity contribution >= 4 is 28.3 Å². The zero-order chi connectivity index (χ0) is 20.1. The SMILES string of the molecule is CC(C)Cn1nc(C(=O)OCC(=O)Nc2ccccc2)c2ccccc2c1=O. The van der Waals surface area contributed by atoms with Crippen molar-refractivity contribution in [2.24, 2.45) is 5.92 Å². The van der Waals surface area contributed by atoms with Gasteiger partial charge in [-0.3, -0.25) is 9.59 Å². The summed E-state index contributed by atoms with van der Waals surface area (Å²) in [5.74, 6) is -1.04. The number of rotatable bonds is 6. The third kappa shape index (κ3) is 4.43. The number of para-hydroxylation sites is 1. The molecule has 7 nitrogen and oxygen atoms in total. The van der Waals surface area contributed by atoms with Gasteiger partial charge in [0.2, 0.25) is 0 Å². The van der Waals surface area contributed by atoms with Gasteiger partial charge >= 0.3 is 5.97 Å². The summed E-state index contributed by atoms with van der Waals surface area (Å²) in [6.07, 6.45) is 0. The molecule has 0 atom stereocenters. The Bertz CT molecular complexity index is 1060. The predicted molar refractivity (Wildman–Crippen MR) is 106 cm³/mol. The van der Waals surface area contributed by atoms with Gasteiger partial charge in [0, 0.05) is 17.6 Å². The van der Waals surface area contributed by atoms with Crippen LogP contribution in [0.5, 0.6) is 0 Å². The Balaban J connectivity index is 1.81. The van der Waals surface area contributed by atoms with Crippen molar-refractivity contribution < 1.29 is 14.3 Å². The van der Waals surface area contributed by atoms with E-state index in [9.17, 15) is 14.4 Å². The highest BCUT2D eigenvalue weighted by Crippen LogP contribution is 2.15. The maximum absolute atomic E-state index is 12.6. The molecule has 1 N–H and O–H groups in total. The number of carbonyl (C=O) groups is 2. The molecule has 0 aliphatic heterocycles. The number of nitrogens with one attached hydrogen (secondary N) is 1. The molecule has 0 saturated carbocycles. The van der Waals surface area contributed by atoms with Crippen LogP contribution < -0.4 is 10.9 Å². The first kappa shape index (κ1) is 19.3. The van der Waals surface area contributed by atoms with E-state index in [2.05, 4.69) is 10.4 Å². The number of fused-ring (bicyclic) bond motifs is 1. The molecular formula is C21H21N3O4. The number of carbonyl (C=O) groups excluding carboxylic acids is 2. The van der Waals surface area contributed by atoms with E-state index in [1.807, 2.05) is 19.9 Å². The number of esters is 1. The Labute approximate surface area is 161 Å². The molecule has 1 heterocycles. The molecule has 3 aromatic rings. The molecule has 1 aromatic heterocycles. The van der Waals surface area contributed by atoms with E-state index in [-0.39, 0.29) is 17.2 Å². The topological polar surface area (TPSA) is 90.3 Å². The van der Waals surface area contributed by atoms with Crippen LogP contribution in [-0.2, 0) is 16.1 Å². The smallest absolute Gasteiger partial charge is 0.359 e. The van der Waals surface area contributed by atoms with Crippen LogP contribution in [0.15, 0.2) is 59.4 Å². The van der Waals surface area contributed by atoms with Gasteiger partial charge in [-0.25, -0.2) is 9.48 Å². The number of anilines is 1. The lowest BCUT2D eigenvalue weighted by Gasteiger charge is -2.12. The van der Waals surface area contributed by atoms with Gasteiger partial charge in [-0.1, -0.05) is 50.2 Å². The first-order chi connectivity index (χ1) is 13.5. The summed E-state index contributed by atoms with van der Waals surface area (Å²) < 4.78 is 6.41. The van der Waals surface area contributed by atoms with Crippen LogP contribution in [-0.4, -0.2) is 28.3 Å². The zero-order valence-electron chi connectivity index (χ0n) is 15.7. The number of hydrogen-bond donors (Lipinski definition) is 1. The average Bonchev–Trinajstić information content (AvgIpc) is 2.69. The summed E-state index contributed by atoms with van der Waals surface area (Å²) in [6.45, 7) is 3.83. The summed E-state index contributed by atoms with van der Waals surface area (Å²) in [5, 5.41) is 7.63. The number of aromatic nitrogens is 2. The van der Waals surface area contributed by atoms with E-state index in [1.54, 1.807) is 48.5 Å². The molecule has 1 amide bonds. The van der Waals surface area contributed by atoms with Gasteiger partial charge in [0.1, 0.15) is 0 Å². The Morgan fingerprint density at radius 2 is 1.68 bits per heavy atom. The maximum atomic E-state index is 12.6.